The second-order valence-electron chi connectivity index (χ2n) is 7.55. The number of nitrogens with one attached hydrogen (secondary N) is 1. The molecule has 0 aliphatic carbocycles. The Morgan fingerprint density at radius 2 is 1.97 bits per heavy atom. The fourth-order valence-electron chi connectivity index (χ4n) is 3.07. The number of rotatable bonds is 6. The molecule has 0 saturated carbocycles. The Balaban J connectivity index is 2.23. The number of anilines is 1. The molecule has 1 amide bonds. The Morgan fingerprint density at radius 3 is 2.60 bits per heavy atom. The van der Waals surface area contributed by atoms with Gasteiger partial charge in [-0.05, 0) is 49.9 Å². The summed E-state index contributed by atoms with van der Waals surface area (Å²) in [5.74, 6) is -0.613. The van der Waals surface area contributed by atoms with Gasteiger partial charge in [-0.15, -0.1) is 11.3 Å². The van der Waals surface area contributed by atoms with Gasteiger partial charge in [-0.25, -0.2) is 4.79 Å². The fraction of sp³-hybridized carbons (Fsp3) is 0.364. The number of fused-ring (bicyclic) bond motifs is 1. The maximum Gasteiger partial charge on any atom is 0.359 e. The standard InChI is InChI=1S/C22H25N3O4S/c1-6-29-22(28)19-16-11-30-20(23-17(26)9-12(2)3)18(16)21(27)25(24-19)15-8-7-13(4)14(5)10-15/h7-8,10-12H,6,9H2,1-5H3,(H,23,26). The monoisotopic (exact) mass is 427 g/mol. The van der Waals surface area contributed by atoms with Gasteiger partial charge >= 0.3 is 5.97 Å². The molecule has 2 aromatic heterocycles. The number of aryl methyl sites for hydroxylation is 2. The molecule has 0 saturated heterocycles. The van der Waals surface area contributed by atoms with Crippen LogP contribution in [0.2, 0.25) is 0 Å². The van der Waals surface area contributed by atoms with Crippen LogP contribution in [0.15, 0.2) is 28.4 Å². The third kappa shape index (κ3) is 4.28. The Labute approximate surface area is 178 Å². The molecule has 0 bridgehead atoms. The van der Waals surface area contributed by atoms with E-state index in [2.05, 4.69) is 10.4 Å². The molecule has 0 aliphatic rings. The predicted molar refractivity (Wildman–Crippen MR) is 119 cm³/mol. The van der Waals surface area contributed by atoms with Crippen molar-refractivity contribution < 1.29 is 14.3 Å². The zero-order valence-corrected chi connectivity index (χ0v) is 18.6. The van der Waals surface area contributed by atoms with Gasteiger partial charge < -0.3 is 10.1 Å². The van der Waals surface area contributed by atoms with Gasteiger partial charge in [-0.3, -0.25) is 9.59 Å². The summed E-state index contributed by atoms with van der Waals surface area (Å²) in [6, 6.07) is 5.51. The lowest BCUT2D eigenvalue weighted by molar-refractivity contribution is -0.116. The normalized spacial score (nSPS) is 11.1. The molecule has 0 aliphatic heterocycles. The molecule has 0 unspecified atom stereocenters. The first-order valence-corrected chi connectivity index (χ1v) is 10.7. The van der Waals surface area contributed by atoms with Gasteiger partial charge in [0.05, 0.1) is 17.7 Å². The highest BCUT2D eigenvalue weighted by molar-refractivity contribution is 7.16. The molecule has 7 nitrogen and oxygen atoms in total. The average Bonchev–Trinajstić information content (AvgIpc) is 3.08. The number of hydrogen-bond donors (Lipinski definition) is 1. The lowest BCUT2D eigenvalue weighted by Crippen LogP contribution is -2.25. The summed E-state index contributed by atoms with van der Waals surface area (Å²) in [6.45, 7) is 9.70. The molecular weight excluding hydrogens is 402 g/mol. The van der Waals surface area contributed by atoms with Crippen LogP contribution in [0.4, 0.5) is 5.00 Å². The molecule has 1 N–H and O–H groups in total. The highest BCUT2D eigenvalue weighted by Gasteiger charge is 2.23. The zero-order chi connectivity index (χ0) is 22.0. The zero-order valence-electron chi connectivity index (χ0n) is 17.7. The molecule has 2 heterocycles. The molecule has 3 rings (SSSR count). The minimum absolute atomic E-state index is 0.0466. The van der Waals surface area contributed by atoms with Crippen molar-refractivity contribution in [3.63, 3.8) is 0 Å². The fourth-order valence-corrected chi connectivity index (χ4v) is 4.03. The van der Waals surface area contributed by atoms with Gasteiger partial charge in [-0.2, -0.15) is 9.78 Å². The van der Waals surface area contributed by atoms with Gasteiger partial charge in [0, 0.05) is 17.2 Å². The minimum atomic E-state index is -0.613. The topological polar surface area (TPSA) is 90.3 Å². The van der Waals surface area contributed by atoms with Gasteiger partial charge in [-0.1, -0.05) is 19.9 Å². The predicted octanol–water partition coefficient (Wildman–Crippen LogP) is 4.23. The Morgan fingerprint density at radius 1 is 1.23 bits per heavy atom. The van der Waals surface area contributed by atoms with Crippen LogP contribution < -0.4 is 10.9 Å². The number of ether oxygens (including phenoxy) is 1. The van der Waals surface area contributed by atoms with Crippen molar-refractivity contribution in [3.8, 4) is 5.69 Å². The number of carbonyl (C=O) groups excluding carboxylic acids is 2. The Bertz CT molecular complexity index is 1180. The quantitative estimate of drug-likeness (QED) is 0.595. The van der Waals surface area contributed by atoms with Crippen molar-refractivity contribution >= 4 is 39.0 Å². The first-order chi connectivity index (χ1) is 14.2. The lowest BCUT2D eigenvalue weighted by atomic mass is 10.1. The Hall–Kier alpha value is -3.00. The molecule has 0 fully saturated rings. The summed E-state index contributed by atoms with van der Waals surface area (Å²) < 4.78 is 6.35. The average molecular weight is 428 g/mol. The van der Waals surface area contributed by atoms with E-state index in [1.54, 1.807) is 18.4 Å². The van der Waals surface area contributed by atoms with E-state index in [0.717, 1.165) is 11.1 Å². The highest BCUT2D eigenvalue weighted by atomic mass is 32.1. The Kier molecular flexibility index (Phi) is 6.36. The third-order valence-corrected chi connectivity index (χ3v) is 5.60. The van der Waals surface area contributed by atoms with Crippen LogP contribution in [0.25, 0.3) is 16.5 Å². The number of carbonyl (C=O) groups is 2. The van der Waals surface area contributed by atoms with E-state index in [4.69, 9.17) is 4.74 Å². The van der Waals surface area contributed by atoms with E-state index in [9.17, 15) is 14.4 Å². The van der Waals surface area contributed by atoms with Gasteiger partial charge in [0.1, 0.15) is 5.00 Å². The number of esters is 1. The molecule has 0 radical (unpaired) electrons. The summed E-state index contributed by atoms with van der Waals surface area (Å²) in [7, 11) is 0. The summed E-state index contributed by atoms with van der Waals surface area (Å²) in [5.41, 5.74) is 2.26. The van der Waals surface area contributed by atoms with E-state index >= 15 is 0 Å². The van der Waals surface area contributed by atoms with Gasteiger partial charge in [0.15, 0.2) is 5.69 Å². The van der Waals surface area contributed by atoms with E-state index in [1.807, 2.05) is 39.8 Å². The van der Waals surface area contributed by atoms with E-state index in [-0.39, 0.29) is 29.5 Å². The maximum atomic E-state index is 13.3. The van der Waals surface area contributed by atoms with Crippen LogP contribution in [0.5, 0.6) is 0 Å². The van der Waals surface area contributed by atoms with E-state index in [0.29, 0.717) is 22.5 Å². The first-order valence-electron chi connectivity index (χ1n) is 9.82. The van der Waals surface area contributed by atoms with E-state index in [1.165, 1.54) is 16.0 Å². The maximum absolute atomic E-state index is 13.3. The third-order valence-electron chi connectivity index (χ3n) is 4.70. The molecule has 3 aromatic rings. The smallest absolute Gasteiger partial charge is 0.359 e. The largest absolute Gasteiger partial charge is 0.461 e. The summed E-state index contributed by atoms with van der Waals surface area (Å²) in [5, 5.41) is 9.85. The molecular formula is C22H25N3O4S. The van der Waals surface area contributed by atoms with Crippen LogP contribution in [-0.2, 0) is 9.53 Å². The van der Waals surface area contributed by atoms with Crippen molar-refractivity contribution in [2.75, 3.05) is 11.9 Å². The highest BCUT2D eigenvalue weighted by Crippen LogP contribution is 2.31. The molecule has 158 valence electrons. The number of nitrogens with zero attached hydrogens (tertiary/aromatic N) is 2. The van der Waals surface area contributed by atoms with Crippen molar-refractivity contribution in [3.05, 3.63) is 50.8 Å². The molecule has 0 spiro atoms. The van der Waals surface area contributed by atoms with Crippen molar-refractivity contribution in [2.24, 2.45) is 5.92 Å². The minimum Gasteiger partial charge on any atom is -0.461 e. The van der Waals surface area contributed by atoms with Gasteiger partial charge in [0.25, 0.3) is 5.56 Å². The number of thiophene rings is 1. The number of benzene rings is 1. The van der Waals surface area contributed by atoms with Gasteiger partial charge in [0.2, 0.25) is 5.91 Å². The number of hydrogen-bond acceptors (Lipinski definition) is 6. The van der Waals surface area contributed by atoms with Crippen molar-refractivity contribution in [2.45, 2.75) is 41.0 Å². The lowest BCUT2D eigenvalue weighted by Gasteiger charge is -2.11. The second kappa shape index (κ2) is 8.79. The van der Waals surface area contributed by atoms with Crippen LogP contribution in [-0.4, -0.2) is 28.3 Å². The summed E-state index contributed by atoms with van der Waals surface area (Å²) in [4.78, 5) is 38.2. The second-order valence-corrected chi connectivity index (χ2v) is 8.43. The van der Waals surface area contributed by atoms with Crippen molar-refractivity contribution in [1.82, 2.24) is 9.78 Å². The van der Waals surface area contributed by atoms with Crippen molar-refractivity contribution in [1.29, 1.82) is 0 Å². The van der Waals surface area contributed by atoms with Crippen LogP contribution in [0, 0.1) is 19.8 Å². The van der Waals surface area contributed by atoms with Crippen LogP contribution >= 0.6 is 11.3 Å². The van der Waals surface area contributed by atoms with Crippen LogP contribution in [0.1, 0.15) is 48.8 Å². The van der Waals surface area contributed by atoms with Crippen LogP contribution in [0.3, 0.4) is 0 Å². The summed E-state index contributed by atoms with van der Waals surface area (Å²) in [6.07, 6.45) is 0.334. The summed E-state index contributed by atoms with van der Waals surface area (Å²) >= 11 is 1.20. The molecule has 30 heavy (non-hydrogen) atoms. The van der Waals surface area contributed by atoms with E-state index < -0.39 is 11.5 Å². The molecule has 8 heteroatoms. The molecule has 0 atom stereocenters. The number of amides is 1. The number of aromatic nitrogens is 2. The first kappa shape index (κ1) is 21.7. The molecule has 1 aromatic carbocycles. The SMILES string of the molecule is CCOC(=O)c1nn(-c2ccc(C)c(C)c2)c(=O)c2c(NC(=O)CC(C)C)scc12.